The zero-order chi connectivity index (χ0) is 15.2. The van der Waals surface area contributed by atoms with Crippen LogP contribution in [0.5, 0.6) is 0 Å². The summed E-state index contributed by atoms with van der Waals surface area (Å²) in [5.41, 5.74) is 4.64. The van der Waals surface area contributed by atoms with E-state index in [-0.39, 0.29) is 0 Å². The molecule has 0 saturated heterocycles. The van der Waals surface area contributed by atoms with E-state index in [4.69, 9.17) is 0 Å². The Kier molecular flexibility index (Phi) is 5.76. The van der Waals surface area contributed by atoms with Crippen molar-refractivity contribution >= 4 is 11.8 Å². The third kappa shape index (κ3) is 4.83. The largest absolute Gasteiger partial charge is 0.313 e. The van der Waals surface area contributed by atoms with Gasteiger partial charge in [0.2, 0.25) is 0 Å². The summed E-state index contributed by atoms with van der Waals surface area (Å²) >= 11 is 1.64. The maximum absolute atomic E-state index is 4.49. The Morgan fingerprint density at radius 2 is 1.76 bits per heavy atom. The molecule has 0 radical (unpaired) electrons. The molecule has 4 heteroatoms. The molecule has 0 aliphatic carbocycles. The number of benzene rings is 1. The summed E-state index contributed by atoms with van der Waals surface area (Å²) < 4.78 is 0. The average molecular weight is 301 g/mol. The van der Waals surface area contributed by atoms with E-state index in [0.29, 0.717) is 0 Å². The maximum atomic E-state index is 4.49. The van der Waals surface area contributed by atoms with Gasteiger partial charge in [-0.1, -0.05) is 19.1 Å². The van der Waals surface area contributed by atoms with Crippen molar-refractivity contribution in [3.63, 3.8) is 0 Å². The predicted molar refractivity (Wildman–Crippen MR) is 88.8 cm³/mol. The van der Waals surface area contributed by atoms with Gasteiger partial charge in [-0.25, -0.2) is 9.97 Å². The first-order valence-electron chi connectivity index (χ1n) is 7.39. The summed E-state index contributed by atoms with van der Waals surface area (Å²) in [6.07, 6.45) is 1.16. The van der Waals surface area contributed by atoms with Gasteiger partial charge in [0.05, 0.1) is 0 Å². The first kappa shape index (κ1) is 16.0. The topological polar surface area (TPSA) is 37.8 Å². The van der Waals surface area contributed by atoms with E-state index in [9.17, 15) is 0 Å². The first-order chi connectivity index (χ1) is 10.1. The number of hydrogen-bond donors (Lipinski definition) is 1. The van der Waals surface area contributed by atoms with E-state index in [2.05, 4.69) is 47.3 Å². The molecule has 0 aliphatic rings. The quantitative estimate of drug-likeness (QED) is 0.645. The molecule has 0 aliphatic heterocycles. The Morgan fingerprint density at radius 3 is 2.38 bits per heavy atom. The second-order valence-electron chi connectivity index (χ2n) is 5.31. The highest BCUT2D eigenvalue weighted by Crippen LogP contribution is 2.28. The fourth-order valence-corrected chi connectivity index (χ4v) is 3.12. The van der Waals surface area contributed by atoms with Gasteiger partial charge in [0.1, 0.15) is 0 Å². The van der Waals surface area contributed by atoms with E-state index in [0.717, 1.165) is 36.1 Å². The van der Waals surface area contributed by atoms with E-state index < -0.39 is 0 Å². The molecule has 3 nitrogen and oxygen atoms in total. The number of rotatable bonds is 6. The molecule has 112 valence electrons. The lowest BCUT2D eigenvalue weighted by molar-refractivity contribution is 0.675. The monoisotopic (exact) mass is 301 g/mol. The predicted octanol–water partition coefficient (Wildman–Crippen LogP) is 4.05. The van der Waals surface area contributed by atoms with Crippen LogP contribution in [0.3, 0.4) is 0 Å². The van der Waals surface area contributed by atoms with Crippen LogP contribution >= 0.6 is 11.8 Å². The number of aryl methyl sites for hydroxylation is 3. The minimum atomic E-state index is 0.826. The average Bonchev–Trinajstić information content (AvgIpc) is 2.41. The second-order valence-corrected chi connectivity index (χ2v) is 6.32. The fourth-order valence-electron chi connectivity index (χ4n) is 2.18. The Bertz CT molecular complexity index is 591. The lowest BCUT2D eigenvalue weighted by Gasteiger charge is -2.09. The van der Waals surface area contributed by atoms with Gasteiger partial charge in [0.15, 0.2) is 5.16 Å². The molecule has 2 aromatic rings. The molecule has 0 spiro atoms. The van der Waals surface area contributed by atoms with Gasteiger partial charge in [0, 0.05) is 22.8 Å². The van der Waals surface area contributed by atoms with Crippen LogP contribution in [0.2, 0.25) is 0 Å². The van der Waals surface area contributed by atoms with E-state index in [1.54, 1.807) is 11.8 Å². The smallest absolute Gasteiger partial charge is 0.192 e. The van der Waals surface area contributed by atoms with Crippen LogP contribution in [-0.2, 0) is 6.54 Å². The summed E-state index contributed by atoms with van der Waals surface area (Å²) in [6.45, 7) is 10.3. The fraction of sp³-hybridized carbons (Fsp3) is 0.412. The first-order valence-corrected chi connectivity index (χ1v) is 8.20. The summed E-state index contributed by atoms with van der Waals surface area (Å²) in [5.74, 6) is 0. The molecule has 0 unspecified atom stereocenters. The van der Waals surface area contributed by atoms with Crippen LogP contribution in [-0.4, -0.2) is 16.5 Å². The summed E-state index contributed by atoms with van der Waals surface area (Å²) in [7, 11) is 0. The Labute approximate surface area is 131 Å². The highest BCUT2D eigenvalue weighted by Gasteiger charge is 2.06. The zero-order valence-electron chi connectivity index (χ0n) is 13.2. The summed E-state index contributed by atoms with van der Waals surface area (Å²) in [4.78, 5) is 10.2. The van der Waals surface area contributed by atoms with Crippen LogP contribution in [0.4, 0.5) is 0 Å². The van der Waals surface area contributed by atoms with Crippen LogP contribution < -0.4 is 5.32 Å². The molecule has 1 aromatic heterocycles. The van der Waals surface area contributed by atoms with E-state index in [1.807, 2.05) is 19.9 Å². The van der Waals surface area contributed by atoms with Gasteiger partial charge in [-0.2, -0.15) is 0 Å². The minimum absolute atomic E-state index is 0.826. The third-order valence-electron chi connectivity index (χ3n) is 3.16. The van der Waals surface area contributed by atoms with Crippen LogP contribution in [0.15, 0.2) is 34.3 Å². The molecule has 1 N–H and O–H groups in total. The zero-order valence-corrected chi connectivity index (χ0v) is 14.0. The second kappa shape index (κ2) is 7.57. The highest BCUT2D eigenvalue weighted by molar-refractivity contribution is 7.99. The molecule has 1 aromatic carbocycles. The molecule has 0 amide bonds. The molecular formula is C17H23N3S. The van der Waals surface area contributed by atoms with Gasteiger partial charge in [-0.15, -0.1) is 0 Å². The lowest BCUT2D eigenvalue weighted by Crippen LogP contribution is -2.13. The highest BCUT2D eigenvalue weighted by atomic mass is 32.2. The Morgan fingerprint density at radius 1 is 1.05 bits per heavy atom. The van der Waals surface area contributed by atoms with Crippen molar-refractivity contribution in [2.24, 2.45) is 0 Å². The molecular weight excluding hydrogens is 278 g/mol. The summed E-state index contributed by atoms with van der Waals surface area (Å²) in [6, 6.07) is 8.59. The van der Waals surface area contributed by atoms with Crippen molar-refractivity contribution in [2.45, 2.75) is 50.7 Å². The number of nitrogens with zero attached hydrogens (tertiary/aromatic N) is 2. The SMILES string of the molecule is CCCNCc1ccc(Sc2nc(C)cc(C)n2)c(C)c1. The van der Waals surface area contributed by atoms with Crippen molar-refractivity contribution in [1.29, 1.82) is 0 Å². The van der Waals surface area contributed by atoms with Gasteiger partial charge < -0.3 is 5.32 Å². The van der Waals surface area contributed by atoms with Crippen molar-refractivity contribution in [2.75, 3.05) is 6.54 Å². The van der Waals surface area contributed by atoms with Crippen molar-refractivity contribution in [3.8, 4) is 0 Å². The van der Waals surface area contributed by atoms with Crippen LogP contribution in [0, 0.1) is 20.8 Å². The van der Waals surface area contributed by atoms with Crippen molar-refractivity contribution in [1.82, 2.24) is 15.3 Å². The van der Waals surface area contributed by atoms with Gasteiger partial charge >= 0.3 is 0 Å². The van der Waals surface area contributed by atoms with Gasteiger partial charge in [-0.05, 0) is 68.8 Å². The number of hydrogen-bond acceptors (Lipinski definition) is 4. The molecule has 21 heavy (non-hydrogen) atoms. The number of nitrogens with one attached hydrogen (secondary N) is 1. The standard InChI is InChI=1S/C17H23N3S/c1-5-8-18-11-15-6-7-16(12(2)9-15)21-17-19-13(3)10-14(4)20-17/h6-7,9-10,18H,5,8,11H2,1-4H3. The molecule has 0 atom stereocenters. The molecule has 0 saturated carbocycles. The Balaban J connectivity index is 2.10. The molecule has 0 bridgehead atoms. The normalized spacial score (nSPS) is 10.9. The van der Waals surface area contributed by atoms with E-state index >= 15 is 0 Å². The minimum Gasteiger partial charge on any atom is -0.313 e. The van der Waals surface area contributed by atoms with Gasteiger partial charge in [0.25, 0.3) is 0 Å². The third-order valence-corrected chi connectivity index (χ3v) is 4.20. The maximum Gasteiger partial charge on any atom is 0.192 e. The number of aromatic nitrogens is 2. The molecule has 1 heterocycles. The Hall–Kier alpha value is -1.39. The molecule has 2 rings (SSSR count). The van der Waals surface area contributed by atoms with E-state index in [1.165, 1.54) is 16.0 Å². The van der Waals surface area contributed by atoms with Gasteiger partial charge in [-0.3, -0.25) is 0 Å². The lowest BCUT2D eigenvalue weighted by atomic mass is 10.1. The van der Waals surface area contributed by atoms with Crippen LogP contribution in [0.25, 0.3) is 0 Å². The molecule has 0 fully saturated rings. The van der Waals surface area contributed by atoms with Crippen LogP contribution in [0.1, 0.15) is 35.9 Å². The van der Waals surface area contributed by atoms with Crippen molar-refractivity contribution < 1.29 is 0 Å². The van der Waals surface area contributed by atoms with Crippen molar-refractivity contribution in [3.05, 3.63) is 46.8 Å². The summed E-state index contributed by atoms with van der Waals surface area (Å²) in [5, 5.41) is 4.26.